The van der Waals surface area contributed by atoms with Gasteiger partial charge < -0.3 is 5.32 Å². The first-order chi connectivity index (χ1) is 8.93. The Bertz CT molecular complexity index is 394. The van der Waals surface area contributed by atoms with Crippen LogP contribution in [0.15, 0.2) is 6.07 Å². The average molecular weight is 261 g/mol. The van der Waals surface area contributed by atoms with E-state index in [1.54, 1.807) is 5.56 Å². The molecule has 0 saturated heterocycles. The van der Waals surface area contributed by atoms with E-state index < -0.39 is 0 Å². The van der Waals surface area contributed by atoms with Crippen LogP contribution in [0.3, 0.4) is 0 Å². The SMILES string of the molecule is CCCC(C)C(NCC)c1c(C)c(C)cc(C)c1C. The van der Waals surface area contributed by atoms with E-state index in [0.29, 0.717) is 12.0 Å². The van der Waals surface area contributed by atoms with E-state index >= 15 is 0 Å². The zero-order chi connectivity index (χ0) is 14.6. The van der Waals surface area contributed by atoms with Crippen molar-refractivity contribution in [3.05, 3.63) is 33.9 Å². The molecule has 1 heteroatoms. The van der Waals surface area contributed by atoms with Crippen molar-refractivity contribution in [2.75, 3.05) is 6.54 Å². The highest BCUT2D eigenvalue weighted by atomic mass is 14.9. The molecular formula is C18H31N. The summed E-state index contributed by atoms with van der Waals surface area (Å²) in [6, 6.07) is 2.81. The molecule has 1 aromatic rings. The maximum Gasteiger partial charge on any atom is 0.0351 e. The van der Waals surface area contributed by atoms with Crippen molar-refractivity contribution in [3.63, 3.8) is 0 Å². The van der Waals surface area contributed by atoms with Gasteiger partial charge in [-0.3, -0.25) is 0 Å². The standard InChI is InChI=1S/C18H31N/c1-8-10-12(3)18(19-9-2)17-15(6)13(4)11-14(5)16(17)7/h11-12,18-19H,8-10H2,1-7H3. The highest BCUT2D eigenvalue weighted by Crippen LogP contribution is 2.33. The molecule has 0 spiro atoms. The van der Waals surface area contributed by atoms with Gasteiger partial charge in [0, 0.05) is 6.04 Å². The molecule has 0 amide bonds. The Morgan fingerprint density at radius 1 is 1.00 bits per heavy atom. The third-order valence-corrected chi connectivity index (χ3v) is 4.47. The second-order valence-electron chi connectivity index (χ2n) is 5.98. The van der Waals surface area contributed by atoms with Gasteiger partial charge in [-0.05, 0) is 74.4 Å². The van der Waals surface area contributed by atoms with Crippen LogP contribution in [0.2, 0.25) is 0 Å². The first kappa shape index (κ1) is 16.2. The van der Waals surface area contributed by atoms with Gasteiger partial charge in [0.1, 0.15) is 0 Å². The molecule has 1 aromatic carbocycles. The summed E-state index contributed by atoms with van der Waals surface area (Å²) in [4.78, 5) is 0. The van der Waals surface area contributed by atoms with Crippen molar-refractivity contribution in [2.45, 2.75) is 67.3 Å². The lowest BCUT2D eigenvalue weighted by molar-refractivity contribution is 0.366. The zero-order valence-corrected chi connectivity index (χ0v) is 13.9. The lowest BCUT2D eigenvalue weighted by Crippen LogP contribution is -2.28. The molecule has 0 bridgehead atoms. The monoisotopic (exact) mass is 261 g/mol. The second-order valence-corrected chi connectivity index (χ2v) is 5.98. The Hall–Kier alpha value is -0.820. The van der Waals surface area contributed by atoms with Gasteiger partial charge in [-0.15, -0.1) is 0 Å². The molecule has 0 radical (unpaired) electrons. The maximum atomic E-state index is 3.72. The Kier molecular flexibility index (Phi) is 6.06. The summed E-state index contributed by atoms with van der Waals surface area (Å²) in [5.41, 5.74) is 7.32. The summed E-state index contributed by atoms with van der Waals surface area (Å²) in [6.45, 7) is 16.9. The van der Waals surface area contributed by atoms with E-state index in [9.17, 15) is 0 Å². The number of nitrogens with one attached hydrogen (secondary N) is 1. The van der Waals surface area contributed by atoms with E-state index in [1.165, 1.54) is 35.1 Å². The lowest BCUT2D eigenvalue weighted by Gasteiger charge is -2.29. The van der Waals surface area contributed by atoms with Gasteiger partial charge in [-0.1, -0.05) is 33.3 Å². The number of benzene rings is 1. The molecular weight excluding hydrogens is 230 g/mol. The van der Waals surface area contributed by atoms with E-state index in [2.05, 4.69) is 59.8 Å². The van der Waals surface area contributed by atoms with Gasteiger partial charge in [0.05, 0.1) is 0 Å². The van der Waals surface area contributed by atoms with Crippen LogP contribution in [0.4, 0.5) is 0 Å². The average Bonchev–Trinajstić information content (AvgIpc) is 2.36. The third-order valence-electron chi connectivity index (χ3n) is 4.47. The highest BCUT2D eigenvalue weighted by molar-refractivity contribution is 5.46. The summed E-state index contributed by atoms with van der Waals surface area (Å²) < 4.78 is 0. The summed E-state index contributed by atoms with van der Waals surface area (Å²) in [5, 5.41) is 3.72. The van der Waals surface area contributed by atoms with Gasteiger partial charge in [-0.2, -0.15) is 0 Å². The molecule has 2 unspecified atom stereocenters. The minimum atomic E-state index is 0.489. The Labute approximate surface area is 119 Å². The molecule has 1 rings (SSSR count). The fourth-order valence-corrected chi connectivity index (χ4v) is 3.14. The van der Waals surface area contributed by atoms with Crippen molar-refractivity contribution in [2.24, 2.45) is 5.92 Å². The first-order valence-corrected chi connectivity index (χ1v) is 7.74. The van der Waals surface area contributed by atoms with Crippen LogP contribution in [0, 0.1) is 33.6 Å². The molecule has 0 aromatic heterocycles. The van der Waals surface area contributed by atoms with Crippen molar-refractivity contribution >= 4 is 0 Å². The van der Waals surface area contributed by atoms with E-state index in [-0.39, 0.29) is 0 Å². The van der Waals surface area contributed by atoms with E-state index in [4.69, 9.17) is 0 Å². The Morgan fingerprint density at radius 2 is 1.53 bits per heavy atom. The van der Waals surface area contributed by atoms with Crippen LogP contribution in [0.5, 0.6) is 0 Å². The highest BCUT2D eigenvalue weighted by Gasteiger charge is 2.22. The third kappa shape index (κ3) is 3.60. The van der Waals surface area contributed by atoms with Gasteiger partial charge in [0.25, 0.3) is 0 Å². The fourth-order valence-electron chi connectivity index (χ4n) is 3.14. The van der Waals surface area contributed by atoms with Crippen LogP contribution in [-0.4, -0.2) is 6.54 Å². The molecule has 0 aliphatic carbocycles. The minimum Gasteiger partial charge on any atom is -0.310 e. The minimum absolute atomic E-state index is 0.489. The Morgan fingerprint density at radius 3 is 1.95 bits per heavy atom. The fraction of sp³-hybridized carbons (Fsp3) is 0.667. The first-order valence-electron chi connectivity index (χ1n) is 7.74. The van der Waals surface area contributed by atoms with E-state index in [0.717, 1.165) is 6.54 Å². The van der Waals surface area contributed by atoms with Crippen LogP contribution in [0.25, 0.3) is 0 Å². The van der Waals surface area contributed by atoms with Crippen LogP contribution in [0.1, 0.15) is 67.5 Å². The topological polar surface area (TPSA) is 12.0 Å². The van der Waals surface area contributed by atoms with Crippen LogP contribution in [-0.2, 0) is 0 Å². The van der Waals surface area contributed by atoms with Crippen LogP contribution >= 0.6 is 0 Å². The summed E-state index contributed by atoms with van der Waals surface area (Å²) >= 11 is 0. The maximum absolute atomic E-state index is 3.72. The van der Waals surface area contributed by atoms with Gasteiger partial charge in [0.2, 0.25) is 0 Å². The molecule has 0 heterocycles. The quantitative estimate of drug-likeness (QED) is 0.759. The van der Waals surface area contributed by atoms with Crippen molar-refractivity contribution in [3.8, 4) is 0 Å². The molecule has 1 N–H and O–H groups in total. The normalized spacial score (nSPS) is 14.5. The number of aryl methyl sites for hydroxylation is 2. The molecule has 108 valence electrons. The van der Waals surface area contributed by atoms with Crippen LogP contribution < -0.4 is 5.32 Å². The molecule has 0 aliphatic heterocycles. The van der Waals surface area contributed by atoms with Gasteiger partial charge in [0.15, 0.2) is 0 Å². The molecule has 1 nitrogen and oxygen atoms in total. The molecule has 19 heavy (non-hydrogen) atoms. The summed E-state index contributed by atoms with van der Waals surface area (Å²) in [6.07, 6.45) is 2.54. The molecule has 0 saturated carbocycles. The predicted octanol–water partition coefficient (Wildman–Crippen LogP) is 5.01. The largest absolute Gasteiger partial charge is 0.310 e. The summed E-state index contributed by atoms with van der Waals surface area (Å²) in [7, 11) is 0. The predicted molar refractivity (Wildman–Crippen MR) is 85.9 cm³/mol. The zero-order valence-electron chi connectivity index (χ0n) is 13.9. The molecule has 2 atom stereocenters. The summed E-state index contributed by atoms with van der Waals surface area (Å²) in [5.74, 6) is 0.684. The second kappa shape index (κ2) is 7.09. The smallest absolute Gasteiger partial charge is 0.0351 e. The van der Waals surface area contributed by atoms with Crippen molar-refractivity contribution in [1.29, 1.82) is 0 Å². The number of rotatable bonds is 6. The molecule has 0 fully saturated rings. The number of hydrogen-bond donors (Lipinski definition) is 1. The lowest BCUT2D eigenvalue weighted by atomic mass is 9.83. The van der Waals surface area contributed by atoms with Crippen molar-refractivity contribution < 1.29 is 0 Å². The van der Waals surface area contributed by atoms with Crippen molar-refractivity contribution in [1.82, 2.24) is 5.32 Å². The Balaban J connectivity index is 3.29. The van der Waals surface area contributed by atoms with E-state index in [1.807, 2.05) is 0 Å². The number of hydrogen-bond acceptors (Lipinski definition) is 1. The van der Waals surface area contributed by atoms with Gasteiger partial charge in [-0.25, -0.2) is 0 Å². The molecule has 0 aliphatic rings. The van der Waals surface area contributed by atoms with Gasteiger partial charge >= 0.3 is 0 Å².